The van der Waals surface area contributed by atoms with E-state index >= 15 is 0 Å². The predicted octanol–water partition coefficient (Wildman–Crippen LogP) is 3.74. The Morgan fingerprint density at radius 3 is 2.66 bits per heavy atom. The molecule has 1 aliphatic carbocycles. The lowest BCUT2D eigenvalue weighted by atomic mass is 10.1. The molecule has 1 aromatic carbocycles. The number of nitrogens with two attached hydrogens (primary N) is 1. The number of aryl methyl sites for hydroxylation is 2. The number of anilines is 1. The number of rotatable bonds is 12. The number of pyridine rings is 1. The van der Waals surface area contributed by atoms with Gasteiger partial charge in [-0.25, -0.2) is 8.91 Å². The van der Waals surface area contributed by atoms with Crippen molar-refractivity contribution in [1.82, 2.24) is 39.6 Å². The molecule has 0 bridgehead atoms. The van der Waals surface area contributed by atoms with Crippen LogP contribution in [0.2, 0.25) is 0 Å². The number of carbonyl (C=O) groups excluding carboxylic acids is 2. The first-order chi connectivity index (χ1) is 22.5. The van der Waals surface area contributed by atoms with Gasteiger partial charge in [0.05, 0.1) is 47.7 Å². The van der Waals surface area contributed by atoms with Gasteiger partial charge in [0.25, 0.3) is 5.91 Å². The molecule has 5 aromatic rings. The van der Waals surface area contributed by atoms with Crippen LogP contribution < -0.4 is 11.1 Å². The van der Waals surface area contributed by atoms with Crippen LogP contribution in [0.4, 0.5) is 10.1 Å². The summed E-state index contributed by atoms with van der Waals surface area (Å²) in [6.07, 6.45) is 6.45. The summed E-state index contributed by atoms with van der Waals surface area (Å²) in [5, 5.41) is 24.3. The zero-order chi connectivity index (χ0) is 33.4. The van der Waals surface area contributed by atoms with Crippen LogP contribution in [0.15, 0.2) is 42.9 Å². The van der Waals surface area contributed by atoms with Crippen molar-refractivity contribution >= 4 is 23.1 Å². The quantitative estimate of drug-likeness (QED) is 0.191. The molecule has 1 fully saturated rings. The second kappa shape index (κ2) is 13.0. The van der Waals surface area contributed by atoms with Gasteiger partial charge in [0.1, 0.15) is 18.0 Å². The van der Waals surface area contributed by atoms with E-state index in [2.05, 4.69) is 30.9 Å². The normalized spacial score (nSPS) is 14.5. The molecule has 1 aliphatic rings. The van der Waals surface area contributed by atoms with Crippen molar-refractivity contribution in [3.8, 4) is 22.5 Å². The summed E-state index contributed by atoms with van der Waals surface area (Å²) in [6, 6.07) is 6.06. The minimum Gasteiger partial charge on any atom is -0.457 e. The van der Waals surface area contributed by atoms with Gasteiger partial charge in [-0.15, -0.1) is 10.2 Å². The maximum absolute atomic E-state index is 14.9. The zero-order valence-corrected chi connectivity index (χ0v) is 26.8. The van der Waals surface area contributed by atoms with Crippen molar-refractivity contribution in [3.63, 3.8) is 0 Å². The lowest BCUT2D eigenvalue weighted by Crippen LogP contribution is -2.40. The van der Waals surface area contributed by atoms with Crippen molar-refractivity contribution in [1.29, 1.82) is 0 Å². The van der Waals surface area contributed by atoms with Gasteiger partial charge >= 0.3 is 5.97 Å². The standard InChI is InChI=1S/C32H37FN10O4/c1-17(2)29(34)32(45)47-22(16-46-5)14-41-15-25(19(4)38-41)20-8-9-42-28(11-20)24(13-35-42)31(44)36-27-12-23(26(33)10-18(27)3)30-37-40-43(39-30)21-6-7-21/h8-13,15,17,21-22,29H,6-7,14,16,34H2,1-5H3,(H,36,44)/t22-,29-/m0/s1. The molecule has 1 saturated carbocycles. The maximum atomic E-state index is 14.9. The topological polar surface area (TPSA) is 169 Å². The number of fused-ring (bicyclic) bond motifs is 1. The van der Waals surface area contributed by atoms with E-state index in [0.717, 1.165) is 29.7 Å². The highest BCUT2D eigenvalue weighted by molar-refractivity contribution is 6.09. The third-order valence-electron chi connectivity index (χ3n) is 8.14. The molecular weight excluding hydrogens is 607 g/mol. The SMILES string of the molecule is COC[C@H](Cn1cc(-c2ccn3ncc(C(=O)Nc4cc(-c5nnn(C6CC6)n5)c(F)cc4C)c3c2)c(C)n1)OC(=O)[C@@H](N)C(C)C. The van der Waals surface area contributed by atoms with E-state index in [0.29, 0.717) is 22.3 Å². The predicted molar refractivity (Wildman–Crippen MR) is 170 cm³/mol. The van der Waals surface area contributed by atoms with Crippen LogP contribution in [-0.4, -0.2) is 77.3 Å². The van der Waals surface area contributed by atoms with Crippen molar-refractivity contribution in [2.45, 2.75) is 65.3 Å². The minimum atomic E-state index is -0.738. The number of benzene rings is 1. The fraction of sp³-hybridized carbons (Fsp3) is 0.406. The Labute approximate surface area is 270 Å². The molecule has 0 unspecified atom stereocenters. The summed E-state index contributed by atoms with van der Waals surface area (Å²) in [6.45, 7) is 7.74. The highest BCUT2D eigenvalue weighted by Gasteiger charge is 2.28. The molecule has 2 atom stereocenters. The Morgan fingerprint density at radius 2 is 1.94 bits per heavy atom. The Morgan fingerprint density at radius 1 is 1.15 bits per heavy atom. The number of hydrogen-bond donors (Lipinski definition) is 2. The second-order valence-corrected chi connectivity index (χ2v) is 12.2. The maximum Gasteiger partial charge on any atom is 0.323 e. The van der Waals surface area contributed by atoms with E-state index < -0.39 is 29.8 Å². The Hall–Kier alpha value is -5.02. The number of carbonyl (C=O) groups is 2. The van der Waals surface area contributed by atoms with Crippen LogP contribution in [-0.2, 0) is 20.8 Å². The third-order valence-corrected chi connectivity index (χ3v) is 8.14. The summed E-state index contributed by atoms with van der Waals surface area (Å²) in [7, 11) is 1.53. The van der Waals surface area contributed by atoms with Gasteiger partial charge in [-0.1, -0.05) is 13.8 Å². The van der Waals surface area contributed by atoms with Crippen LogP contribution in [0.3, 0.4) is 0 Å². The van der Waals surface area contributed by atoms with Crippen molar-refractivity contribution in [2.24, 2.45) is 11.7 Å². The molecule has 47 heavy (non-hydrogen) atoms. The van der Waals surface area contributed by atoms with Gasteiger partial charge in [0, 0.05) is 30.8 Å². The number of esters is 1. The molecule has 6 rings (SSSR count). The Balaban J connectivity index is 1.22. The molecule has 14 nitrogen and oxygen atoms in total. The number of hydrogen-bond acceptors (Lipinski definition) is 10. The van der Waals surface area contributed by atoms with Crippen LogP contribution in [0.5, 0.6) is 0 Å². The lowest BCUT2D eigenvalue weighted by Gasteiger charge is -2.21. The van der Waals surface area contributed by atoms with Crippen LogP contribution in [0.1, 0.15) is 54.3 Å². The number of halogens is 1. The van der Waals surface area contributed by atoms with Gasteiger partial charge in [-0.3, -0.25) is 14.3 Å². The van der Waals surface area contributed by atoms with Crippen molar-refractivity contribution in [2.75, 3.05) is 19.0 Å². The number of nitrogens with one attached hydrogen (secondary N) is 1. The van der Waals surface area contributed by atoms with Crippen LogP contribution in [0.25, 0.3) is 28.0 Å². The summed E-state index contributed by atoms with van der Waals surface area (Å²) in [5.41, 5.74) is 10.3. The third kappa shape index (κ3) is 6.76. The van der Waals surface area contributed by atoms with Gasteiger partial charge in [0.15, 0.2) is 0 Å². The zero-order valence-electron chi connectivity index (χ0n) is 26.8. The highest BCUT2D eigenvalue weighted by Crippen LogP contribution is 2.34. The smallest absolute Gasteiger partial charge is 0.323 e. The van der Waals surface area contributed by atoms with Crippen LogP contribution in [0, 0.1) is 25.6 Å². The Bertz CT molecular complexity index is 1940. The average molecular weight is 645 g/mol. The van der Waals surface area contributed by atoms with E-state index in [1.54, 1.807) is 22.3 Å². The molecule has 4 aromatic heterocycles. The minimum absolute atomic E-state index is 0.0656. The molecule has 0 saturated heterocycles. The van der Waals surface area contributed by atoms with Crippen molar-refractivity contribution in [3.05, 3.63) is 65.5 Å². The van der Waals surface area contributed by atoms with E-state index in [9.17, 15) is 14.0 Å². The fourth-order valence-electron chi connectivity index (χ4n) is 5.21. The van der Waals surface area contributed by atoms with E-state index in [4.69, 9.17) is 15.2 Å². The first-order valence-electron chi connectivity index (χ1n) is 15.4. The molecule has 1 amide bonds. The number of methoxy groups -OCH3 is 1. The summed E-state index contributed by atoms with van der Waals surface area (Å²) < 4.78 is 29.2. The van der Waals surface area contributed by atoms with Gasteiger partial charge in [0.2, 0.25) is 5.82 Å². The van der Waals surface area contributed by atoms with Crippen LogP contribution >= 0.6 is 0 Å². The molecule has 4 heterocycles. The molecule has 246 valence electrons. The second-order valence-electron chi connectivity index (χ2n) is 12.2. The van der Waals surface area contributed by atoms with E-state index in [1.807, 2.05) is 39.1 Å². The molecule has 3 N–H and O–H groups in total. The number of amides is 1. The number of aromatic nitrogens is 8. The van der Waals surface area contributed by atoms with Gasteiger partial charge in [-0.2, -0.15) is 15.0 Å². The number of tetrazole rings is 1. The van der Waals surface area contributed by atoms with Gasteiger partial charge < -0.3 is 20.5 Å². The molecular formula is C32H37FN10O4. The highest BCUT2D eigenvalue weighted by atomic mass is 19.1. The fourth-order valence-corrected chi connectivity index (χ4v) is 5.21. The molecule has 0 radical (unpaired) electrons. The summed E-state index contributed by atoms with van der Waals surface area (Å²) in [4.78, 5) is 27.6. The molecule has 0 aliphatic heterocycles. The van der Waals surface area contributed by atoms with Gasteiger partial charge in [-0.05, 0) is 73.2 Å². The largest absolute Gasteiger partial charge is 0.457 e. The van der Waals surface area contributed by atoms with E-state index in [1.165, 1.54) is 30.2 Å². The lowest BCUT2D eigenvalue weighted by molar-refractivity contribution is -0.155. The average Bonchev–Trinajstić information content (AvgIpc) is 3.43. The number of nitrogens with zero attached hydrogens (tertiary/aromatic N) is 8. The summed E-state index contributed by atoms with van der Waals surface area (Å²) >= 11 is 0. The first kappa shape index (κ1) is 31.9. The first-order valence-corrected chi connectivity index (χ1v) is 15.4. The van der Waals surface area contributed by atoms with Crippen molar-refractivity contribution < 1.29 is 23.5 Å². The molecule has 15 heteroatoms. The van der Waals surface area contributed by atoms with E-state index in [-0.39, 0.29) is 36.5 Å². The number of ether oxygens (including phenoxy) is 2. The summed E-state index contributed by atoms with van der Waals surface area (Å²) in [5.74, 6) is -1.31. The monoisotopic (exact) mass is 644 g/mol. The Kier molecular flexibility index (Phi) is 8.84. The molecule has 0 spiro atoms.